The minimum absolute atomic E-state index is 0.000506. The normalized spacial score (nSPS) is 13.0. The van der Waals surface area contributed by atoms with Gasteiger partial charge in [-0.05, 0) is 42.9 Å². The van der Waals surface area contributed by atoms with Gasteiger partial charge in [-0.25, -0.2) is 0 Å². The summed E-state index contributed by atoms with van der Waals surface area (Å²) in [6.07, 6.45) is 2.89. The minimum atomic E-state index is -0.118. The van der Waals surface area contributed by atoms with E-state index in [9.17, 15) is 4.79 Å². The Hall–Kier alpha value is -2.71. The molecule has 3 aromatic rings. The van der Waals surface area contributed by atoms with Crippen LogP contribution in [-0.2, 0) is 11.2 Å². The fourth-order valence-electron chi connectivity index (χ4n) is 3.71. The van der Waals surface area contributed by atoms with Gasteiger partial charge in [0.05, 0.1) is 12.2 Å². The number of ketones is 1. The van der Waals surface area contributed by atoms with Crippen molar-refractivity contribution in [1.29, 1.82) is 0 Å². The van der Waals surface area contributed by atoms with Gasteiger partial charge in [-0.2, -0.15) is 0 Å². The molecule has 0 bridgehead atoms. The van der Waals surface area contributed by atoms with E-state index >= 15 is 0 Å². The number of hydrogen-bond donors (Lipinski definition) is 0. The average Bonchev–Trinajstić information content (AvgIpc) is 2.77. The van der Waals surface area contributed by atoms with Crippen molar-refractivity contribution in [2.45, 2.75) is 51.7 Å². The molecule has 0 aliphatic rings. The zero-order chi connectivity index (χ0) is 20.5. The molecule has 0 aliphatic heterocycles. The van der Waals surface area contributed by atoms with E-state index in [1.165, 1.54) is 16.7 Å². The minimum Gasteiger partial charge on any atom is -0.370 e. The molecule has 2 atom stereocenters. The van der Waals surface area contributed by atoms with Crippen LogP contribution in [-0.4, -0.2) is 11.9 Å². The highest BCUT2D eigenvalue weighted by Crippen LogP contribution is 2.28. The molecule has 0 amide bonds. The van der Waals surface area contributed by atoms with Crippen LogP contribution in [0.1, 0.15) is 59.3 Å². The number of hydrogen-bond acceptors (Lipinski definition) is 2. The molecule has 0 aliphatic carbocycles. The van der Waals surface area contributed by atoms with Crippen LogP contribution < -0.4 is 0 Å². The second kappa shape index (κ2) is 10.7. The molecule has 150 valence electrons. The monoisotopic (exact) mass is 386 g/mol. The number of Topliss-reactive ketones (excluding diaryl/α,β-unsaturated/α-hetero) is 1. The van der Waals surface area contributed by atoms with Gasteiger partial charge >= 0.3 is 0 Å². The SMILES string of the molecule is CC[C@@H](O[C@@H](CCc1ccccc1)CC(=O)c1ccccc1)c1ccccc1C. The van der Waals surface area contributed by atoms with Crippen molar-refractivity contribution in [2.24, 2.45) is 0 Å². The van der Waals surface area contributed by atoms with Crippen molar-refractivity contribution in [3.63, 3.8) is 0 Å². The van der Waals surface area contributed by atoms with E-state index in [2.05, 4.69) is 62.4 Å². The van der Waals surface area contributed by atoms with Crippen molar-refractivity contribution in [2.75, 3.05) is 0 Å². The lowest BCUT2D eigenvalue weighted by molar-refractivity contribution is -0.0207. The summed E-state index contributed by atoms with van der Waals surface area (Å²) in [5, 5.41) is 0. The Morgan fingerprint density at radius 2 is 1.48 bits per heavy atom. The topological polar surface area (TPSA) is 26.3 Å². The van der Waals surface area contributed by atoms with Crippen LogP contribution in [0.25, 0.3) is 0 Å². The molecule has 2 nitrogen and oxygen atoms in total. The van der Waals surface area contributed by atoms with E-state index in [4.69, 9.17) is 4.74 Å². The maximum Gasteiger partial charge on any atom is 0.165 e. The number of rotatable bonds is 10. The summed E-state index contributed by atoms with van der Waals surface area (Å²) >= 11 is 0. The predicted octanol–water partition coefficient (Wildman–Crippen LogP) is 6.74. The summed E-state index contributed by atoms with van der Waals surface area (Å²) in [5.41, 5.74) is 4.48. The van der Waals surface area contributed by atoms with Crippen LogP contribution in [0.4, 0.5) is 0 Å². The highest BCUT2D eigenvalue weighted by atomic mass is 16.5. The van der Waals surface area contributed by atoms with Gasteiger partial charge in [0.1, 0.15) is 0 Å². The Morgan fingerprint density at radius 3 is 2.14 bits per heavy atom. The number of aryl methyl sites for hydroxylation is 2. The second-order valence-electron chi connectivity index (χ2n) is 7.53. The molecule has 29 heavy (non-hydrogen) atoms. The first kappa shape index (κ1) is 21.0. The van der Waals surface area contributed by atoms with Crippen molar-refractivity contribution in [1.82, 2.24) is 0 Å². The quantitative estimate of drug-likeness (QED) is 0.361. The first-order valence-electron chi connectivity index (χ1n) is 10.5. The van der Waals surface area contributed by atoms with Crippen molar-refractivity contribution < 1.29 is 9.53 Å². The van der Waals surface area contributed by atoms with E-state index in [1.54, 1.807) is 0 Å². The molecule has 0 radical (unpaired) electrons. The van der Waals surface area contributed by atoms with Crippen LogP contribution in [0.3, 0.4) is 0 Å². The summed E-state index contributed by atoms with van der Waals surface area (Å²) in [7, 11) is 0. The largest absolute Gasteiger partial charge is 0.370 e. The summed E-state index contributed by atoms with van der Waals surface area (Å²) < 4.78 is 6.56. The molecule has 0 aromatic heterocycles. The summed E-state index contributed by atoms with van der Waals surface area (Å²) in [5.74, 6) is 0.142. The lowest BCUT2D eigenvalue weighted by Gasteiger charge is -2.25. The van der Waals surface area contributed by atoms with E-state index in [-0.39, 0.29) is 18.0 Å². The molecule has 0 fully saturated rings. The maximum absolute atomic E-state index is 12.9. The number of carbonyl (C=O) groups excluding carboxylic acids is 1. The summed E-state index contributed by atoms with van der Waals surface area (Å²) in [4.78, 5) is 12.9. The molecule has 3 rings (SSSR count). The zero-order valence-corrected chi connectivity index (χ0v) is 17.4. The maximum atomic E-state index is 12.9. The second-order valence-corrected chi connectivity index (χ2v) is 7.53. The lowest BCUT2D eigenvalue weighted by atomic mass is 9.98. The Labute approximate surface area is 174 Å². The summed E-state index contributed by atoms with van der Waals surface area (Å²) in [6, 6.07) is 28.3. The fourth-order valence-corrected chi connectivity index (χ4v) is 3.71. The number of ether oxygens (including phenoxy) is 1. The molecule has 3 aromatic carbocycles. The van der Waals surface area contributed by atoms with Gasteiger partial charge in [-0.1, -0.05) is 91.9 Å². The molecule has 2 heteroatoms. The van der Waals surface area contributed by atoms with Crippen molar-refractivity contribution in [3.8, 4) is 0 Å². The van der Waals surface area contributed by atoms with E-state index in [0.717, 1.165) is 24.8 Å². The number of carbonyl (C=O) groups is 1. The molecular formula is C27H30O2. The first-order chi connectivity index (χ1) is 14.2. The predicted molar refractivity (Wildman–Crippen MR) is 119 cm³/mol. The van der Waals surface area contributed by atoms with Crippen molar-refractivity contribution in [3.05, 3.63) is 107 Å². The summed E-state index contributed by atoms with van der Waals surface area (Å²) in [6.45, 7) is 4.26. The molecule has 0 spiro atoms. The Bertz CT molecular complexity index is 887. The van der Waals surface area contributed by atoms with Crippen LogP contribution in [0.5, 0.6) is 0 Å². The molecule has 0 unspecified atom stereocenters. The Balaban J connectivity index is 1.75. The highest BCUT2D eigenvalue weighted by molar-refractivity contribution is 5.96. The Kier molecular flexibility index (Phi) is 7.77. The lowest BCUT2D eigenvalue weighted by Crippen LogP contribution is -2.22. The van der Waals surface area contributed by atoms with E-state index in [0.29, 0.717) is 6.42 Å². The molecule has 0 saturated heterocycles. The van der Waals surface area contributed by atoms with Crippen LogP contribution in [0.2, 0.25) is 0 Å². The van der Waals surface area contributed by atoms with Crippen LogP contribution in [0.15, 0.2) is 84.9 Å². The third kappa shape index (κ3) is 6.13. The van der Waals surface area contributed by atoms with Gasteiger partial charge in [-0.15, -0.1) is 0 Å². The van der Waals surface area contributed by atoms with Gasteiger partial charge in [0.25, 0.3) is 0 Å². The third-order valence-corrected chi connectivity index (χ3v) is 5.37. The van der Waals surface area contributed by atoms with Crippen molar-refractivity contribution >= 4 is 5.78 Å². The molecular weight excluding hydrogens is 356 g/mol. The van der Waals surface area contributed by atoms with E-state index in [1.807, 2.05) is 36.4 Å². The molecule has 0 N–H and O–H groups in total. The van der Waals surface area contributed by atoms with Gasteiger partial charge < -0.3 is 4.74 Å². The smallest absolute Gasteiger partial charge is 0.165 e. The van der Waals surface area contributed by atoms with Gasteiger partial charge in [0.15, 0.2) is 5.78 Å². The highest BCUT2D eigenvalue weighted by Gasteiger charge is 2.21. The average molecular weight is 387 g/mol. The zero-order valence-electron chi connectivity index (χ0n) is 17.4. The van der Waals surface area contributed by atoms with Gasteiger partial charge in [-0.3, -0.25) is 4.79 Å². The fraction of sp³-hybridized carbons (Fsp3) is 0.296. The van der Waals surface area contributed by atoms with E-state index < -0.39 is 0 Å². The van der Waals surface area contributed by atoms with Gasteiger partial charge in [0.2, 0.25) is 0 Å². The Morgan fingerprint density at radius 1 is 0.862 bits per heavy atom. The molecule has 0 saturated carbocycles. The third-order valence-electron chi connectivity index (χ3n) is 5.37. The standard InChI is InChI=1S/C27H30O2/c1-3-27(25-17-11-10-12-21(25)2)29-24(19-18-22-13-6-4-7-14-22)20-26(28)23-15-8-5-9-16-23/h4-17,24,27H,3,18-20H2,1-2H3/t24-,27+/m0/s1. The van der Waals surface area contributed by atoms with Crippen LogP contribution >= 0.6 is 0 Å². The first-order valence-corrected chi connectivity index (χ1v) is 10.5. The number of benzene rings is 3. The van der Waals surface area contributed by atoms with Gasteiger partial charge in [0, 0.05) is 12.0 Å². The van der Waals surface area contributed by atoms with Crippen LogP contribution in [0, 0.1) is 6.92 Å². The molecule has 0 heterocycles.